The molecule has 0 aliphatic carbocycles. The molecule has 0 aromatic heterocycles. The van der Waals surface area contributed by atoms with Gasteiger partial charge in [0.1, 0.15) is 0 Å². The topological polar surface area (TPSA) is 66.9 Å². The van der Waals surface area contributed by atoms with E-state index in [-0.39, 0.29) is 23.7 Å². The highest BCUT2D eigenvalue weighted by molar-refractivity contribution is 5.98. The van der Waals surface area contributed by atoms with Gasteiger partial charge in [0.25, 0.3) is 0 Å². The molecule has 1 fully saturated rings. The second-order valence-corrected chi connectivity index (χ2v) is 7.92. The molecular weight excluding hydrogens is 392 g/mol. The van der Waals surface area contributed by atoms with Gasteiger partial charge in [0.05, 0.1) is 12.7 Å². The van der Waals surface area contributed by atoms with Crippen LogP contribution in [-0.2, 0) is 20.7 Å². The van der Waals surface area contributed by atoms with Crippen LogP contribution in [0.5, 0.6) is 0 Å². The average Bonchev–Trinajstić information content (AvgIpc) is 3.25. The summed E-state index contributed by atoms with van der Waals surface area (Å²) in [6.45, 7) is 1.78. The lowest BCUT2D eigenvalue weighted by molar-refractivity contribution is -0.130. The van der Waals surface area contributed by atoms with Gasteiger partial charge in [-0.1, -0.05) is 30.3 Å². The molecule has 160 valence electrons. The van der Waals surface area contributed by atoms with Crippen molar-refractivity contribution in [2.75, 3.05) is 31.6 Å². The quantitative estimate of drug-likeness (QED) is 0.564. The number of carbonyl (C=O) groups is 3. The van der Waals surface area contributed by atoms with Gasteiger partial charge in [-0.3, -0.25) is 9.59 Å². The number of carbonyl (C=O) groups excluding carboxylic acids is 3. The maximum Gasteiger partial charge on any atom is 0.337 e. The molecule has 1 saturated heterocycles. The normalized spacial score (nSPS) is 16.4. The van der Waals surface area contributed by atoms with E-state index in [1.807, 2.05) is 58.3 Å². The zero-order chi connectivity index (χ0) is 21.8. The van der Waals surface area contributed by atoms with Crippen LogP contribution in [0.2, 0.25) is 0 Å². The molecule has 31 heavy (non-hydrogen) atoms. The third kappa shape index (κ3) is 4.53. The molecule has 2 amide bonds. The highest BCUT2D eigenvalue weighted by Crippen LogP contribution is 2.32. The first kappa shape index (κ1) is 20.8. The van der Waals surface area contributed by atoms with E-state index < -0.39 is 0 Å². The molecule has 2 aliphatic rings. The van der Waals surface area contributed by atoms with E-state index in [9.17, 15) is 14.4 Å². The van der Waals surface area contributed by atoms with Gasteiger partial charge in [0.15, 0.2) is 0 Å². The number of rotatable bonds is 4. The van der Waals surface area contributed by atoms with Crippen molar-refractivity contribution in [2.24, 2.45) is 5.92 Å². The van der Waals surface area contributed by atoms with Gasteiger partial charge in [-0.2, -0.15) is 0 Å². The lowest BCUT2D eigenvalue weighted by Crippen LogP contribution is -2.43. The summed E-state index contributed by atoms with van der Waals surface area (Å²) in [5, 5.41) is 0. The minimum Gasteiger partial charge on any atom is -0.465 e. The number of likely N-dealkylation sites (tertiary alicyclic amines) is 1. The van der Waals surface area contributed by atoms with E-state index in [0.29, 0.717) is 38.0 Å². The van der Waals surface area contributed by atoms with Crippen molar-refractivity contribution in [2.45, 2.75) is 19.3 Å². The predicted octanol–water partition coefficient (Wildman–Crippen LogP) is 3.31. The number of hydrogen-bond donors (Lipinski definition) is 0. The molecular formula is C25H26N2O4. The van der Waals surface area contributed by atoms with Gasteiger partial charge < -0.3 is 14.5 Å². The minimum absolute atomic E-state index is 0.0170. The summed E-state index contributed by atoms with van der Waals surface area (Å²) in [7, 11) is 1.36. The fraction of sp³-hybridized carbons (Fsp3) is 0.320. The zero-order valence-electron chi connectivity index (χ0n) is 17.6. The maximum atomic E-state index is 13.1. The van der Waals surface area contributed by atoms with E-state index >= 15 is 0 Å². The lowest BCUT2D eigenvalue weighted by Gasteiger charge is -2.32. The van der Waals surface area contributed by atoms with Crippen LogP contribution in [0.25, 0.3) is 6.08 Å². The molecule has 0 unspecified atom stereocenters. The number of nitrogens with zero attached hydrogens (tertiary/aromatic N) is 2. The number of anilines is 1. The number of fused-ring (bicyclic) bond motifs is 1. The Balaban J connectivity index is 1.35. The summed E-state index contributed by atoms with van der Waals surface area (Å²) in [6.07, 6.45) is 5.48. The van der Waals surface area contributed by atoms with E-state index in [1.165, 1.54) is 7.11 Å². The van der Waals surface area contributed by atoms with Gasteiger partial charge in [0, 0.05) is 37.3 Å². The number of benzene rings is 2. The Morgan fingerprint density at radius 1 is 1.00 bits per heavy atom. The van der Waals surface area contributed by atoms with E-state index in [1.54, 1.807) is 12.1 Å². The summed E-state index contributed by atoms with van der Waals surface area (Å²) in [5.41, 5.74) is 3.37. The third-order valence-electron chi connectivity index (χ3n) is 6.04. The van der Waals surface area contributed by atoms with Gasteiger partial charge in [-0.15, -0.1) is 0 Å². The first-order valence-corrected chi connectivity index (χ1v) is 10.6. The van der Waals surface area contributed by atoms with E-state index in [2.05, 4.69) is 0 Å². The van der Waals surface area contributed by atoms with Crippen LogP contribution < -0.4 is 4.90 Å². The van der Waals surface area contributed by atoms with Crippen molar-refractivity contribution in [1.29, 1.82) is 0 Å². The Morgan fingerprint density at radius 3 is 2.45 bits per heavy atom. The van der Waals surface area contributed by atoms with Crippen LogP contribution in [-0.4, -0.2) is 49.4 Å². The molecule has 4 rings (SSSR count). The van der Waals surface area contributed by atoms with Crippen molar-refractivity contribution >= 4 is 29.5 Å². The second kappa shape index (κ2) is 9.16. The Kier molecular flexibility index (Phi) is 6.16. The SMILES string of the molecule is COC(=O)c1ccc2c(c1)CCN2C(=O)C1CCN(C(=O)/C=C/c2ccccc2)CC1. The van der Waals surface area contributed by atoms with Gasteiger partial charge >= 0.3 is 5.97 Å². The minimum atomic E-state index is -0.370. The average molecular weight is 418 g/mol. The van der Waals surface area contributed by atoms with E-state index in [4.69, 9.17) is 4.74 Å². The highest BCUT2D eigenvalue weighted by Gasteiger charge is 2.33. The highest BCUT2D eigenvalue weighted by atomic mass is 16.5. The molecule has 2 aromatic rings. The van der Waals surface area contributed by atoms with E-state index in [0.717, 1.165) is 23.2 Å². The predicted molar refractivity (Wildman–Crippen MR) is 119 cm³/mol. The van der Waals surface area contributed by atoms with Gasteiger partial charge in [-0.25, -0.2) is 4.79 Å². The summed E-state index contributed by atoms with van der Waals surface area (Å²) in [4.78, 5) is 41.0. The molecule has 0 spiro atoms. The second-order valence-electron chi connectivity index (χ2n) is 7.92. The smallest absolute Gasteiger partial charge is 0.337 e. The Bertz CT molecular complexity index is 1010. The summed E-state index contributed by atoms with van der Waals surface area (Å²) >= 11 is 0. The molecule has 2 heterocycles. The van der Waals surface area contributed by atoms with Crippen molar-refractivity contribution in [3.63, 3.8) is 0 Å². The lowest BCUT2D eigenvalue weighted by atomic mass is 9.95. The maximum absolute atomic E-state index is 13.1. The number of hydrogen-bond acceptors (Lipinski definition) is 4. The molecule has 0 bridgehead atoms. The summed E-state index contributed by atoms with van der Waals surface area (Å²) in [6, 6.07) is 15.1. The summed E-state index contributed by atoms with van der Waals surface area (Å²) < 4.78 is 4.78. The fourth-order valence-corrected chi connectivity index (χ4v) is 4.28. The fourth-order valence-electron chi connectivity index (χ4n) is 4.28. The molecule has 0 atom stereocenters. The number of amides is 2. The number of methoxy groups -OCH3 is 1. The monoisotopic (exact) mass is 418 g/mol. The van der Waals surface area contributed by atoms with Gasteiger partial charge in [0.2, 0.25) is 11.8 Å². The molecule has 6 nitrogen and oxygen atoms in total. The van der Waals surface area contributed by atoms with Crippen LogP contribution in [0.15, 0.2) is 54.6 Å². The van der Waals surface area contributed by atoms with Gasteiger partial charge in [-0.05, 0) is 54.7 Å². The molecule has 0 N–H and O–H groups in total. The van der Waals surface area contributed by atoms with Crippen LogP contribution in [0.3, 0.4) is 0 Å². The summed E-state index contributed by atoms with van der Waals surface area (Å²) in [5.74, 6) is -0.368. The number of ether oxygens (including phenoxy) is 1. The molecule has 2 aliphatic heterocycles. The number of piperidine rings is 1. The first-order chi connectivity index (χ1) is 15.1. The molecule has 0 saturated carbocycles. The standard InChI is InChI=1S/C25H26N2O4/c1-31-25(30)21-8-9-22-20(17-21)13-16-27(22)24(29)19-11-14-26(15-12-19)23(28)10-7-18-5-3-2-4-6-18/h2-10,17,19H,11-16H2,1H3/b10-7+. The molecule has 6 heteroatoms. The van der Waals surface area contributed by atoms with Crippen LogP contribution in [0.4, 0.5) is 5.69 Å². The first-order valence-electron chi connectivity index (χ1n) is 10.6. The van der Waals surface area contributed by atoms with Crippen LogP contribution >= 0.6 is 0 Å². The van der Waals surface area contributed by atoms with Crippen molar-refractivity contribution in [3.05, 3.63) is 71.3 Å². The largest absolute Gasteiger partial charge is 0.465 e. The Labute approximate surface area is 182 Å². The van der Waals surface area contributed by atoms with Crippen molar-refractivity contribution < 1.29 is 19.1 Å². The Hall–Kier alpha value is -3.41. The Morgan fingerprint density at radius 2 is 1.74 bits per heavy atom. The van der Waals surface area contributed by atoms with Crippen molar-refractivity contribution in [3.8, 4) is 0 Å². The molecule has 2 aromatic carbocycles. The van der Waals surface area contributed by atoms with Crippen LogP contribution in [0.1, 0.15) is 34.3 Å². The third-order valence-corrected chi connectivity index (χ3v) is 6.04. The zero-order valence-corrected chi connectivity index (χ0v) is 17.6. The molecule has 0 radical (unpaired) electrons. The van der Waals surface area contributed by atoms with Crippen LogP contribution in [0, 0.1) is 5.92 Å². The number of esters is 1. The van der Waals surface area contributed by atoms with Crippen molar-refractivity contribution in [1.82, 2.24) is 4.90 Å².